The van der Waals surface area contributed by atoms with Gasteiger partial charge in [0, 0.05) is 24.9 Å². The number of amides is 1. The van der Waals surface area contributed by atoms with E-state index in [1.54, 1.807) is 12.1 Å². The molecule has 0 spiro atoms. The topological polar surface area (TPSA) is 33.2 Å². The first-order valence-corrected chi connectivity index (χ1v) is 6.35. The summed E-state index contributed by atoms with van der Waals surface area (Å²) in [6.45, 7) is 0.0283. The van der Waals surface area contributed by atoms with Crippen molar-refractivity contribution in [2.75, 3.05) is 13.1 Å². The Kier molecular flexibility index (Phi) is 3.93. The number of pyridine rings is 1. The second kappa shape index (κ2) is 5.32. The second-order valence-electron chi connectivity index (χ2n) is 4.07. The van der Waals surface area contributed by atoms with Gasteiger partial charge in [-0.1, -0.05) is 6.08 Å². The molecule has 1 aliphatic rings. The minimum absolute atomic E-state index is 0.0327. The van der Waals surface area contributed by atoms with Crippen LogP contribution in [0.25, 0.3) is 0 Å². The van der Waals surface area contributed by atoms with Gasteiger partial charge in [0.1, 0.15) is 4.60 Å². The number of hydrogen-bond acceptors (Lipinski definition) is 2. The van der Waals surface area contributed by atoms with Crippen LogP contribution in [0, 0.1) is 0 Å². The van der Waals surface area contributed by atoms with Gasteiger partial charge in [-0.25, -0.2) is 4.98 Å². The van der Waals surface area contributed by atoms with Gasteiger partial charge < -0.3 is 4.90 Å². The highest BCUT2D eigenvalue weighted by Gasteiger charge is 2.35. The zero-order valence-corrected chi connectivity index (χ0v) is 11.3. The average Bonchev–Trinajstić information content (AvgIpc) is 2.38. The van der Waals surface area contributed by atoms with Crippen molar-refractivity contribution in [2.45, 2.75) is 12.6 Å². The first kappa shape index (κ1) is 14.0. The summed E-state index contributed by atoms with van der Waals surface area (Å²) in [6, 6.07) is 3.20. The summed E-state index contributed by atoms with van der Waals surface area (Å²) in [7, 11) is 0. The minimum Gasteiger partial charge on any atom is -0.335 e. The Morgan fingerprint density at radius 1 is 1.42 bits per heavy atom. The smallest absolute Gasteiger partial charge is 0.335 e. The fourth-order valence-electron chi connectivity index (χ4n) is 1.83. The Labute approximate surface area is 116 Å². The first-order chi connectivity index (χ1) is 8.89. The molecule has 19 heavy (non-hydrogen) atoms. The maximum absolute atomic E-state index is 12.5. The largest absolute Gasteiger partial charge is 0.412 e. The molecular weight excluding hydrogens is 325 g/mol. The summed E-state index contributed by atoms with van der Waals surface area (Å²) in [5.74, 6) is -0.322. The van der Waals surface area contributed by atoms with Crippen LogP contribution in [-0.4, -0.2) is 35.1 Å². The number of nitrogens with zero attached hydrogens (tertiary/aromatic N) is 2. The Morgan fingerprint density at radius 2 is 2.16 bits per heavy atom. The molecule has 1 aliphatic heterocycles. The molecule has 0 N–H and O–H groups in total. The third-order valence-electron chi connectivity index (χ3n) is 2.85. The number of carbonyl (C=O) groups is 1. The van der Waals surface area contributed by atoms with Crippen LogP contribution in [0.4, 0.5) is 13.2 Å². The van der Waals surface area contributed by atoms with Crippen LogP contribution >= 0.6 is 15.9 Å². The molecule has 0 saturated heterocycles. The van der Waals surface area contributed by atoms with Crippen LogP contribution < -0.4 is 0 Å². The molecule has 0 radical (unpaired) electrons. The van der Waals surface area contributed by atoms with Gasteiger partial charge in [-0.15, -0.1) is 0 Å². The lowest BCUT2D eigenvalue weighted by Gasteiger charge is -2.27. The number of alkyl halides is 3. The summed E-state index contributed by atoms with van der Waals surface area (Å²) in [5.41, 5.74) is -0.215. The van der Waals surface area contributed by atoms with Crippen molar-refractivity contribution < 1.29 is 18.0 Å². The first-order valence-electron chi connectivity index (χ1n) is 5.55. The van der Waals surface area contributed by atoms with Gasteiger partial charge in [-0.2, -0.15) is 13.2 Å². The van der Waals surface area contributed by atoms with E-state index < -0.39 is 11.7 Å². The van der Waals surface area contributed by atoms with Gasteiger partial charge in [0.25, 0.3) is 5.91 Å². The molecule has 1 aromatic rings. The predicted octanol–water partition coefficient (Wildman–Crippen LogP) is 3.18. The Hall–Kier alpha value is -1.37. The van der Waals surface area contributed by atoms with Crippen LogP contribution in [0.5, 0.6) is 0 Å². The van der Waals surface area contributed by atoms with Gasteiger partial charge in [0.2, 0.25) is 0 Å². The van der Waals surface area contributed by atoms with Gasteiger partial charge in [-0.3, -0.25) is 4.79 Å². The minimum atomic E-state index is -4.30. The summed E-state index contributed by atoms with van der Waals surface area (Å²) in [6.07, 6.45) is -1.89. The summed E-state index contributed by atoms with van der Waals surface area (Å²) < 4.78 is 37.8. The molecule has 2 rings (SSSR count). The maximum atomic E-state index is 12.5. The number of halogens is 4. The molecule has 0 atom stereocenters. The fraction of sp³-hybridized carbons (Fsp3) is 0.333. The Morgan fingerprint density at radius 3 is 2.68 bits per heavy atom. The zero-order valence-electron chi connectivity index (χ0n) is 9.75. The Balaban J connectivity index is 2.13. The van der Waals surface area contributed by atoms with E-state index in [4.69, 9.17) is 0 Å². The van der Waals surface area contributed by atoms with E-state index in [9.17, 15) is 18.0 Å². The number of carbonyl (C=O) groups excluding carboxylic acids is 1. The van der Waals surface area contributed by atoms with E-state index in [2.05, 4.69) is 20.9 Å². The van der Waals surface area contributed by atoms with Crippen molar-refractivity contribution in [3.63, 3.8) is 0 Å². The highest BCUT2D eigenvalue weighted by molar-refractivity contribution is 9.10. The van der Waals surface area contributed by atoms with Gasteiger partial charge >= 0.3 is 6.18 Å². The molecule has 102 valence electrons. The molecule has 0 unspecified atom stereocenters. The molecule has 3 nitrogen and oxygen atoms in total. The second-order valence-corrected chi connectivity index (χ2v) is 4.82. The third-order valence-corrected chi connectivity index (χ3v) is 3.48. The lowest BCUT2D eigenvalue weighted by atomic mass is 10.1. The van der Waals surface area contributed by atoms with Gasteiger partial charge in [0.05, 0.1) is 5.56 Å². The third kappa shape index (κ3) is 3.15. The van der Waals surface area contributed by atoms with Crippen molar-refractivity contribution in [3.05, 3.63) is 40.1 Å². The van der Waals surface area contributed by atoms with Crippen molar-refractivity contribution in [1.82, 2.24) is 9.88 Å². The van der Waals surface area contributed by atoms with Crippen LogP contribution in [-0.2, 0) is 0 Å². The summed E-state index contributed by atoms with van der Waals surface area (Å²) in [4.78, 5) is 17.4. The maximum Gasteiger partial charge on any atom is 0.412 e. The lowest BCUT2D eigenvalue weighted by Crippen LogP contribution is -2.37. The molecule has 2 heterocycles. The quantitative estimate of drug-likeness (QED) is 0.583. The van der Waals surface area contributed by atoms with E-state index in [1.807, 2.05) is 0 Å². The van der Waals surface area contributed by atoms with Crippen LogP contribution in [0.3, 0.4) is 0 Å². The molecule has 1 amide bonds. The fourth-order valence-corrected chi connectivity index (χ4v) is 2.25. The highest BCUT2D eigenvalue weighted by Crippen LogP contribution is 2.30. The molecule has 0 bridgehead atoms. The SMILES string of the molecule is O=C(c1cccnc1Br)N1CC=C(C(F)(F)F)CC1. The number of rotatable bonds is 1. The molecule has 0 fully saturated rings. The Bertz CT molecular complexity index is 528. The van der Waals surface area contributed by atoms with E-state index in [1.165, 1.54) is 11.1 Å². The van der Waals surface area contributed by atoms with Gasteiger partial charge in [0.15, 0.2) is 0 Å². The lowest BCUT2D eigenvalue weighted by molar-refractivity contribution is -0.0957. The predicted molar refractivity (Wildman–Crippen MR) is 66.6 cm³/mol. The summed E-state index contributed by atoms with van der Waals surface area (Å²) >= 11 is 3.15. The molecule has 0 aromatic carbocycles. The standard InChI is InChI=1S/C12H10BrF3N2O/c13-10-9(2-1-5-17-10)11(19)18-6-3-8(4-7-18)12(14,15)16/h1-3,5H,4,6-7H2. The monoisotopic (exact) mass is 334 g/mol. The number of hydrogen-bond donors (Lipinski definition) is 0. The average molecular weight is 335 g/mol. The van der Waals surface area contributed by atoms with Crippen molar-refractivity contribution in [2.24, 2.45) is 0 Å². The van der Waals surface area contributed by atoms with E-state index in [0.717, 1.165) is 6.08 Å². The highest BCUT2D eigenvalue weighted by atomic mass is 79.9. The molecular formula is C12H10BrF3N2O. The zero-order chi connectivity index (χ0) is 14.0. The van der Waals surface area contributed by atoms with Crippen LogP contribution in [0.1, 0.15) is 16.8 Å². The van der Waals surface area contributed by atoms with Gasteiger partial charge in [-0.05, 0) is 34.5 Å². The van der Waals surface area contributed by atoms with Crippen molar-refractivity contribution in [1.29, 1.82) is 0 Å². The van der Waals surface area contributed by atoms with E-state index in [-0.39, 0.29) is 25.4 Å². The summed E-state index contributed by atoms with van der Waals surface area (Å²) in [5, 5.41) is 0. The van der Waals surface area contributed by atoms with E-state index in [0.29, 0.717) is 10.2 Å². The van der Waals surface area contributed by atoms with Crippen LogP contribution in [0.15, 0.2) is 34.6 Å². The van der Waals surface area contributed by atoms with E-state index >= 15 is 0 Å². The molecule has 0 saturated carbocycles. The normalized spacial score (nSPS) is 16.2. The van der Waals surface area contributed by atoms with Crippen molar-refractivity contribution >= 4 is 21.8 Å². The molecule has 0 aliphatic carbocycles. The van der Waals surface area contributed by atoms with Crippen molar-refractivity contribution in [3.8, 4) is 0 Å². The molecule has 1 aromatic heterocycles. The van der Waals surface area contributed by atoms with Crippen LogP contribution in [0.2, 0.25) is 0 Å². The number of aromatic nitrogens is 1. The molecule has 7 heteroatoms.